The minimum Gasteiger partial charge on any atom is -1.00 e. The summed E-state index contributed by atoms with van der Waals surface area (Å²) in [5.41, 5.74) is 3.83. The smallest absolute Gasteiger partial charge is 0.218 e. The number of halogens is 2. The zero-order valence-corrected chi connectivity index (χ0v) is 14.9. The van der Waals surface area contributed by atoms with E-state index in [9.17, 15) is 0 Å². The monoisotopic (exact) mass is 443 g/mol. The van der Waals surface area contributed by atoms with E-state index in [0.29, 0.717) is 0 Å². The van der Waals surface area contributed by atoms with E-state index in [-0.39, 0.29) is 17.0 Å². The molecule has 20 heavy (non-hydrogen) atoms. The average Bonchev–Trinajstić information content (AvgIpc) is 2.46. The molecule has 0 N–H and O–H groups in total. The Bertz CT molecular complexity index is 655. The van der Waals surface area contributed by atoms with Crippen molar-refractivity contribution >= 4 is 34.5 Å². The van der Waals surface area contributed by atoms with E-state index in [4.69, 9.17) is 4.74 Å². The van der Waals surface area contributed by atoms with Crippen molar-refractivity contribution in [1.29, 1.82) is 0 Å². The highest BCUT2D eigenvalue weighted by molar-refractivity contribution is 14.1. The molecule has 0 saturated carbocycles. The van der Waals surface area contributed by atoms with Crippen LogP contribution in [-0.4, -0.2) is 24.4 Å². The molecule has 0 unspecified atom stereocenters. The van der Waals surface area contributed by atoms with Gasteiger partial charge in [0, 0.05) is 12.5 Å². The standard InChI is InChI=1S/C16H15INO.BrH/c1-19-16-8-4-5-12-9-10-18(11-13(12)16)15-7-3-2-6-14(15)17;/h2-8,11H,9-10H2,1H3;1H/q+1;/p-1. The van der Waals surface area contributed by atoms with E-state index < -0.39 is 0 Å². The number of fused-ring (bicyclic) bond motifs is 1. The first-order valence-corrected chi connectivity index (χ1v) is 7.39. The van der Waals surface area contributed by atoms with Gasteiger partial charge in [-0.15, -0.1) is 0 Å². The van der Waals surface area contributed by atoms with Crippen molar-refractivity contribution in [2.45, 2.75) is 6.42 Å². The van der Waals surface area contributed by atoms with Crippen molar-refractivity contribution < 1.29 is 26.3 Å². The Morgan fingerprint density at radius 1 is 1.10 bits per heavy atom. The topological polar surface area (TPSA) is 12.2 Å². The predicted octanol–water partition coefficient (Wildman–Crippen LogP) is 0.623. The summed E-state index contributed by atoms with van der Waals surface area (Å²) in [5.74, 6) is 0.952. The molecule has 1 aliphatic rings. The largest absolute Gasteiger partial charge is 1.00 e. The maximum absolute atomic E-state index is 5.47. The highest BCUT2D eigenvalue weighted by Crippen LogP contribution is 2.27. The summed E-state index contributed by atoms with van der Waals surface area (Å²) in [6, 6.07) is 14.7. The molecule has 0 bridgehead atoms. The molecule has 1 heterocycles. The summed E-state index contributed by atoms with van der Waals surface area (Å²) in [7, 11) is 1.73. The number of para-hydroxylation sites is 1. The molecule has 0 aromatic heterocycles. The van der Waals surface area contributed by atoms with E-state index in [1.165, 1.54) is 20.4 Å². The second kappa shape index (κ2) is 6.72. The first-order chi connectivity index (χ1) is 9.29. The van der Waals surface area contributed by atoms with Gasteiger partial charge in [-0.2, -0.15) is 4.58 Å². The lowest BCUT2D eigenvalue weighted by Crippen LogP contribution is -3.00. The Morgan fingerprint density at radius 2 is 1.90 bits per heavy atom. The molecule has 2 nitrogen and oxygen atoms in total. The van der Waals surface area contributed by atoms with E-state index in [2.05, 4.69) is 69.8 Å². The van der Waals surface area contributed by atoms with E-state index >= 15 is 0 Å². The van der Waals surface area contributed by atoms with Gasteiger partial charge in [-0.3, -0.25) is 0 Å². The van der Waals surface area contributed by atoms with Crippen LogP contribution in [0, 0.1) is 3.57 Å². The van der Waals surface area contributed by atoms with Gasteiger partial charge < -0.3 is 21.7 Å². The van der Waals surface area contributed by atoms with Crippen LogP contribution in [0.5, 0.6) is 5.75 Å². The summed E-state index contributed by atoms with van der Waals surface area (Å²) in [6.07, 6.45) is 3.25. The van der Waals surface area contributed by atoms with Crippen LogP contribution in [0.25, 0.3) is 0 Å². The summed E-state index contributed by atoms with van der Waals surface area (Å²) >= 11 is 2.39. The fourth-order valence-corrected chi connectivity index (χ4v) is 3.17. The molecule has 1 aliphatic heterocycles. The number of benzene rings is 2. The van der Waals surface area contributed by atoms with Crippen LogP contribution < -0.4 is 21.7 Å². The molecule has 0 radical (unpaired) electrons. The predicted molar refractivity (Wildman–Crippen MR) is 85.8 cm³/mol. The Hall–Kier alpha value is -0.880. The number of rotatable bonds is 2. The first-order valence-electron chi connectivity index (χ1n) is 6.31. The van der Waals surface area contributed by atoms with Crippen molar-refractivity contribution in [3.63, 3.8) is 0 Å². The van der Waals surface area contributed by atoms with Crippen molar-refractivity contribution in [3.05, 3.63) is 57.2 Å². The number of nitrogens with zero attached hydrogens (tertiary/aromatic N) is 1. The zero-order chi connectivity index (χ0) is 13.2. The van der Waals surface area contributed by atoms with Crippen LogP contribution in [0.15, 0.2) is 42.5 Å². The summed E-state index contributed by atoms with van der Waals surface area (Å²) < 4.78 is 9.05. The molecule has 3 rings (SSSR count). The maximum atomic E-state index is 5.47. The molecule has 0 atom stereocenters. The fourth-order valence-electron chi connectivity index (χ4n) is 2.47. The molecule has 104 valence electrons. The molecule has 0 aliphatic carbocycles. The van der Waals surface area contributed by atoms with Crippen LogP contribution in [-0.2, 0) is 6.42 Å². The van der Waals surface area contributed by atoms with Gasteiger partial charge in [0.15, 0.2) is 12.8 Å². The molecule has 2 aromatic carbocycles. The van der Waals surface area contributed by atoms with E-state index in [1.807, 2.05) is 6.07 Å². The molecule has 0 saturated heterocycles. The molecular weight excluding hydrogens is 429 g/mol. The second-order valence-corrected chi connectivity index (χ2v) is 5.72. The molecular formula is C16H15BrINO. The first kappa shape index (κ1) is 15.5. The second-order valence-electron chi connectivity index (χ2n) is 4.56. The van der Waals surface area contributed by atoms with Crippen LogP contribution in [0.1, 0.15) is 11.1 Å². The Balaban J connectivity index is 0.00000147. The maximum Gasteiger partial charge on any atom is 0.218 e. The van der Waals surface area contributed by atoms with Gasteiger partial charge in [0.05, 0.1) is 16.2 Å². The Labute approximate surface area is 143 Å². The SMILES string of the molecule is COc1cccc2c1C=[N+](c1ccccc1I)CC2.[Br-]. The Kier molecular flexibility index (Phi) is 5.21. The summed E-state index contributed by atoms with van der Waals surface area (Å²) in [5, 5.41) is 0. The third-order valence-corrected chi connectivity index (χ3v) is 4.36. The minimum absolute atomic E-state index is 0. The van der Waals surface area contributed by atoms with E-state index in [0.717, 1.165) is 18.7 Å². The number of ether oxygens (including phenoxy) is 1. The lowest BCUT2D eigenvalue weighted by atomic mass is 10.0. The summed E-state index contributed by atoms with van der Waals surface area (Å²) in [6.45, 7) is 1.01. The third kappa shape index (κ3) is 2.91. The van der Waals surface area contributed by atoms with Crippen LogP contribution in [0.2, 0.25) is 0 Å². The molecule has 0 fully saturated rings. The highest BCUT2D eigenvalue weighted by Gasteiger charge is 2.22. The lowest BCUT2D eigenvalue weighted by molar-refractivity contribution is -0.437. The number of methoxy groups -OCH3 is 1. The zero-order valence-electron chi connectivity index (χ0n) is 11.1. The van der Waals surface area contributed by atoms with Crippen LogP contribution in [0.4, 0.5) is 5.69 Å². The van der Waals surface area contributed by atoms with Crippen molar-refractivity contribution in [1.82, 2.24) is 0 Å². The van der Waals surface area contributed by atoms with Crippen molar-refractivity contribution in [2.24, 2.45) is 0 Å². The van der Waals surface area contributed by atoms with Crippen molar-refractivity contribution in [3.8, 4) is 5.75 Å². The fraction of sp³-hybridized carbons (Fsp3) is 0.188. The number of hydrogen-bond donors (Lipinski definition) is 0. The molecule has 4 heteroatoms. The highest BCUT2D eigenvalue weighted by atomic mass is 127. The normalized spacial score (nSPS) is 13.0. The summed E-state index contributed by atoms with van der Waals surface area (Å²) in [4.78, 5) is 0. The molecule has 2 aromatic rings. The minimum atomic E-state index is 0. The third-order valence-electron chi connectivity index (χ3n) is 3.45. The van der Waals surface area contributed by atoms with Gasteiger partial charge in [-0.1, -0.05) is 24.3 Å². The van der Waals surface area contributed by atoms with E-state index in [1.54, 1.807) is 7.11 Å². The number of hydrogen-bond acceptors (Lipinski definition) is 1. The lowest BCUT2D eigenvalue weighted by Gasteiger charge is -2.15. The van der Waals surface area contributed by atoms with Gasteiger partial charge in [0.1, 0.15) is 5.75 Å². The Morgan fingerprint density at radius 3 is 2.65 bits per heavy atom. The quantitative estimate of drug-likeness (QED) is 0.489. The van der Waals surface area contributed by atoms with Crippen molar-refractivity contribution in [2.75, 3.05) is 13.7 Å². The van der Waals surface area contributed by atoms with Gasteiger partial charge in [-0.25, -0.2) is 0 Å². The van der Waals surface area contributed by atoms with Crippen LogP contribution >= 0.6 is 22.6 Å². The van der Waals surface area contributed by atoms with Gasteiger partial charge in [0.2, 0.25) is 5.69 Å². The average molecular weight is 444 g/mol. The molecule has 0 spiro atoms. The van der Waals surface area contributed by atoms with Gasteiger partial charge in [-0.05, 0) is 40.3 Å². The van der Waals surface area contributed by atoms with Gasteiger partial charge in [0.25, 0.3) is 0 Å². The van der Waals surface area contributed by atoms with Gasteiger partial charge >= 0.3 is 0 Å². The molecule has 0 amide bonds. The van der Waals surface area contributed by atoms with Crippen LogP contribution in [0.3, 0.4) is 0 Å².